The van der Waals surface area contributed by atoms with E-state index in [2.05, 4.69) is 0 Å². The number of rotatable bonds is 5. The Morgan fingerprint density at radius 3 is 2.47 bits per heavy atom. The first-order chi connectivity index (χ1) is 8.88. The molecule has 1 aromatic carbocycles. The summed E-state index contributed by atoms with van der Waals surface area (Å²) in [5, 5.41) is 11.2. The van der Waals surface area contributed by atoms with Crippen molar-refractivity contribution in [3.63, 3.8) is 0 Å². The summed E-state index contributed by atoms with van der Waals surface area (Å²) in [7, 11) is 0. The monoisotopic (exact) mass is 304 g/mol. The molecule has 0 aromatic heterocycles. The van der Waals surface area contributed by atoms with Gasteiger partial charge in [0, 0.05) is 15.6 Å². The number of halogens is 2. The molecule has 0 fully saturated rings. The highest BCUT2D eigenvalue weighted by Crippen LogP contribution is 2.34. The van der Waals surface area contributed by atoms with E-state index in [1.807, 2.05) is 13.8 Å². The van der Waals surface area contributed by atoms with E-state index in [-0.39, 0.29) is 12.5 Å². The standard InChI is InChI=1S/C14H18Cl2O3/c1-4-19-14(18)12(8(2)3)13(17)10-6-5-9(15)7-11(10)16/h5-8,12-13,17H,4H2,1-3H3. The van der Waals surface area contributed by atoms with E-state index in [1.54, 1.807) is 25.1 Å². The minimum atomic E-state index is -1.01. The maximum absolute atomic E-state index is 11.9. The molecule has 0 aliphatic heterocycles. The number of hydrogen-bond donors (Lipinski definition) is 1. The first-order valence-corrected chi connectivity index (χ1v) is 6.93. The highest BCUT2D eigenvalue weighted by molar-refractivity contribution is 6.35. The van der Waals surface area contributed by atoms with Crippen molar-refractivity contribution in [2.45, 2.75) is 26.9 Å². The van der Waals surface area contributed by atoms with Crippen LogP contribution < -0.4 is 0 Å². The zero-order chi connectivity index (χ0) is 14.6. The van der Waals surface area contributed by atoms with Gasteiger partial charge < -0.3 is 9.84 Å². The van der Waals surface area contributed by atoms with Gasteiger partial charge in [0.2, 0.25) is 0 Å². The Morgan fingerprint density at radius 2 is 2.00 bits per heavy atom. The predicted molar refractivity (Wildman–Crippen MR) is 76.4 cm³/mol. The molecule has 2 unspecified atom stereocenters. The zero-order valence-corrected chi connectivity index (χ0v) is 12.7. The summed E-state index contributed by atoms with van der Waals surface area (Å²) in [5.74, 6) is -1.14. The van der Waals surface area contributed by atoms with E-state index in [4.69, 9.17) is 27.9 Å². The van der Waals surface area contributed by atoms with Crippen LogP contribution in [0.15, 0.2) is 18.2 Å². The second-order valence-electron chi connectivity index (χ2n) is 4.63. The van der Waals surface area contributed by atoms with Crippen LogP contribution >= 0.6 is 23.2 Å². The number of benzene rings is 1. The molecule has 0 bridgehead atoms. The summed E-state index contributed by atoms with van der Waals surface area (Å²) < 4.78 is 5.00. The Balaban J connectivity index is 3.05. The number of ether oxygens (including phenoxy) is 1. The summed E-state index contributed by atoms with van der Waals surface area (Å²) in [6, 6.07) is 4.81. The van der Waals surface area contributed by atoms with Crippen LogP contribution in [0.1, 0.15) is 32.4 Å². The highest BCUT2D eigenvalue weighted by Gasteiger charge is 2.33. The van der Waals surface area contributed by atoms with E-state index < -0.39 is 18.0 Å². The summed E-state index contributed by atoms with van der Waals surface area (Å²) >= 11 is 11.9. The second-order valence-corrected chi connectivity index (χ2v) is 5.48. The zero-order valence-electron chi connectivity index (χ0n) is 11.2. The van der Waals surface area contributed by atoms with E-state index in [1.165, 1.54) is 0 Å². The predicted octanol–water partition coefficient (Wildman–Crippen LogP) is 3.86. The lowest BCUT2D eigenvalue weighted by Gasteiger charge is -2.25. The van der Waals surface area contributed by atoms with Gasteiger partial charge in [-0.05, 0) is 25.0 Å². The first kappa shape index (κ1) is 16.3. The molecule has 0 aliphatic rings. The van der Waals surface area contributed by atoms with Gasteiger partial charge >= 0.3 is 5.97 Å². The van der Waals surface area contributed by atoms with Gasteiger partial charge in [0.15, 0.2) is 0 Å². The minimum Gasteiger partial charge on any atom is -0.466 e. The molecule has 0 saturated heterocycles. The number of carbonyl (C=O) groups excluding carboxylic acids is 1. The van der Waals surface area contributed by atoms with E-state index in [0.29, 0.717) is 15.6 Å². The molecule has 0 radical (unpaired) electrons. The fourth-order valence-corrected chi connectivity index (χ4v) is 2.46. The largest absolute Gasteiger partial charge is 0.466 e. The van der Waals surface area contributed by atoms with Gasteiger partial charge in [-0.2, -0.15) is 0 Å². The van der Waals surface area contributed by atoms with E-state index in [0.717, 1.165) is 0 Å². The second kappa shape index (κ2) is 7.13. The summed E-state index contributed by atoms with van der Waals surface area (Å²) in [6.07, 6.45) is -1.01. The number of carbonyl (C=O) groups is 1. The summed E-state index contributed by atoms with van der Waals surface area (Å²) in [5.41, 5.74) is 0.484. The minimum absolute atomic E-state index is 0.0687. The molecule has 0 saturated carbocycles. The topological polar surface area (TPSA) is 46.5 Å². The van der Waals surface area contributed by atoms with Crippen molar-refractivity contribution in [1.82, 2.24) is 0 Å². The molecule has 1 aromatic rings. The van der Waals surface area contributed by atoms with Crippen LogP contribution in [-0.4, -0.2) is 17.7 Å². The molecular weight excluding hydrogens is 287 g/mol. The molecule has 3 nitrogen and oxygen atoms in total. The Labute approximate surface area is 123 Å². The van der Waals surface area contributed by atoms with Gasteiger partial charge in [0.05, 0.1) is 18.6 Å². The molecule has 0 heterocycles. The van der Waals surface area contributed by atoms with Crippen molar-refractivity contribution < 1.29 is 14.6 Å². The fourth-order valence-electron chi connectivity index (χ4n) is 1.94. The first-order valence-electron chi connectivity index (χ1n) is 6.18. The smallest absolute Gasteiger partial charge is 0.312 e. The molecule has 1 rings (SSSR count). The van der Waals surface area contributed by atoms with Gasteiger partial charge in [-0.15, -0.1) is 0 Å². The van der Waals surface area contributed by atoms with Crippen molar-refractivity contribution in [1.29, 1.82) is 0 Å². The Bertz CT molecular complexity index is 446. The lowest BCUT2D eigenvalue weighted by molar-refractivity contribution is -0.154. The average Bonchev–Trinajstić information content (AvgIpc) is 2.28. The molecule has 0 aliphatic carbocycles. The number of aliphatic hydroxyl groups is 1. The van der Waals surface area contributed by atoms with Crippen molar-refractivity contribution >= 4 is 29.2 Å². The number of esters is 1. The third-order valence-corrected chi connectivity index (χ3v) is 3.46. The van der Waals surface area contributed by atoms with Crippen LogP contribution in [0.2, 0.25) is 10.0 Å². The Kier molecular flexibility index (Phi) is 6.11. The van der Waals surface area contributed by atoms with Crippen molar-refractivity contribution in [2.75, 3.05) is 6.61 Å². The lowest BCUT2D eigenvalue weighted by atomic mass is 9.86. The normalized spacial score (nSPS) is 14.3. The third kappa shape index (κ3) is 4.10. The van der Waals surface area contributed by atoms with Crippen molar-refractivity contribution in [2.24, 2.45) is 11.8 Å². The summed E-state index contributed by atoms with van der Waals surface area (Å²) in [6.45, 7) is 5.73. The summed E-state index contributed by atoms with van der Waals surface area (Å²) in [4.78, 5) is 11.9. The van der Waals surface area contributed by atoms with Gasteiger partial charge in [0.25, 0.3) is 0 Å². The van der Waals surface area contributed by atoms with E-state index >= 15 is 0 Å². The van der Waals surface area contributed by atoms with Crippen LogP contribution in [0.25, 0.3) is 0 Å². The number of aliphatic hydroxyl groups excluding tert-OH is 1. The third-order valence-electron chi connectivity index (χ3n) is 2.90. The van der Waals surface area contributed by atoms with Gasteiger partial charge in [0.1, 0.15) is 0 Å². The molecule has 0 spiro atoms. The SMILES string of the molecule is CCOC(=O)C(C(C)C)C(O)c1ccc(Cl)cc1Cl. The Hall–Kier alpha value is -0.770. The van der Waals surface area contributed by atoms with Crippen LogP contribution in [0.3, 0.4) is 0 Å². The quantitative estimate of drug-likeness (QED) is 0.840. The molecule has 1 N–H and O–H groups in total. The molecule has 19 heavy (non-hydrogen) atoms. The van der Waals surface area contributed by atoms with Crippen molar-refractivity contribution in [3.05, 3.63) is 33.8 Å². The van der Waals surface area contributed by atoms with Gasteiger partial charge in [-0.1, -0.05) is 43.1 Å². The average molecular weight is 305 g/mol. The lowest BCUT2D eigenvalue weighted by Crippen LogP contribution is -2.29. The molecule has 0 amide bonds. The Morgan fingerprint density at radius 1 is 1.37 bits per heavy atom. The maximum atomic E-state index is 11.9. The molecule has 2 atom stereocenters. The fraction of sp³-hybridized carbons (Fsp3) is 0.500. The molecule has 106 valence electrons. The van der Waals surface area contributed by atoms with Gasteiger partial charge in [-0.25, -0.2) is 0 Å². The van der Waals surface area contributed by atoms with Gasteiger partial charge in [-0.3, -0.25) is 4.79 Å². The van der Waals surface area contributed by atoms with Crippen LogP contribution in [-0.2, 0) is 9.53 Å². The van der Waals surface area contributed by atoms with Crippen LogP contribution in [0, 0.1) is 11.8 Å². The highest BCUT2D eigenvalue weighted by atomic mass is 35.5. The maximum Gasteiger partial charge on any atom is 0.312 e. The van der Waals surface area contributed by atoms with E-state index in [9.17, 15) is 9.90 Å². The number of hydrogen-bond acceptors (Lipinski definition) is 3. The molecule has 5 heteroatoms. The molecular formula is C14H18Cl2O3. The van der Waals surface area contributed by atoms with Crippen LogP contribution in [0.4, 0.5) is 0 Å². The van der Waals surface area contributed by atoms with Crippen LogP contribution in [0.5, 0.6) is 0 Å². The van der Waals surface area contributed by atoms with Crippen molar-refractivity contribution in [3.8, 4) is 0 Å².